The van der Waals surface area contributed by atoms with E-state index in [4.69, 9.17) is 14.2 Å². The quantitative estimate of drug-likeness (QED) is 0.172. The smallest absolute Gasteiger partial charge is 0.353 e. The van der Waals surface area contributed by atoms with Crippen molar-refractivity contribution >= 4 is 29.4 Å². The molecule has 2 aromatic carbocycles. The molecular formula is C26H28N2O5S. The number of hydrazone groups is 1. The van der Waals surface area contributed by atoms with Crippen molar-refractivity contribution in [2.75, 3.05) is 13.2 Å². The van der Waals surface area contributed by atoms with E-state index in [-0.39, 0.29) is 12.5 Å². The molecule has 0 bridgehead atoms. The van der Waals surface area contributed by atoms with Crippen LogP contribution in [0.15, 0.2) is 65.1 Å². The topological polar surface area (TPSA) is 86.2 Å². The van der Waals surface area contributed by atoms with Crippen LogP contribution in [-0.4, -0.2) is 31.3 Å². The van der Waals surface area contributed by atoms with Crippen LogP contribution in [0.25, 0.3) is 0 Å². The fourth-order valence-electron chi connectivity index (χ4n) is 2.99. The molecule has 1 N–H and O–H groups in total. The SMILES string of the molecule is CCOc1cc(C=NNC(=O)COc2ccc(C(C)CC)cc2)ccc1OC(=O)c1cccs1. The van der Waals surface area contributed by atoms with Crippen LogP contribution in [0.1, 0.15) is 53.9 Å². The largest absolute Gasteiger partial charge is 0.490 e. The van der Waals surface area contributed by atoms with Gasteiger partial charge in [0.15, 0.2) is 18.1 Å². The first-order chi connectivity index (χ1) is 16.5. The molecule has 0 aliphatic rings. The van der Waals surface area contributed by atoms with E-state index in [0.717, 1.165) is 6.42 Å². The molecule has 0 saturated carbocycles. The second-order valence-electron chi connectivity index (χ2n) is 7.47. The Morgan fingerprint density at radius 1 is 1.06 bits per heavy atom. The van der Waals surface area contributed by atoms with Crippen LogP contribution in [0.5, 0.6) is 17.2 Å². The van der Waals surface area contributed by atoms with Crippen molar-refractivity contribution in [2.45, 2.75) is 33.1 Å². The van der Waals surface area contributed by atoms with Gasteiger partial charge in [-0.15, -0.1) is 11.3 Å². The fraction of sp³-hybridized carbons (Fsp3) is 0.269. The molecule has 1 atom stereocenters. The molecule has 3 aromatic rings. The van der Waals surface area contributed by atoms with Gasteiger partial charge in [-0.2, -0.15) is 5.10 Å². The van der Waals surface area contributed by atoms with Gasteiger partial charge in [0, 0.05) is 0 Å². The lowest BCUT2D eigenvalue weighted by Crippen LogP contribution is -2.24. The number of hydrogen-bond acceptors (Lipinski definition) is 7. The Kier molecular flexibility index (Phi) is 9.22. The summed E-state index contributed by atoms with van der Waals surface area (Å²) in [4.78, 5) is 24.8. The van der Waals surface area contributed by atoms with Crippen LogP contribution in [0.4, 0.5) is 0 Å². The molecule has 1 heterocycles. The van der Waals surface area contributed by atoms with Crippen molar-refractivity contribution in [3.05, 3.63) is 76.0 Å². The maximum atomic E-state index is 12.2. The number of rotatable bonds is 11. The lowest BCUT2D eigenvalue weighted by Gasteiger charge is -2.11. The van der Waals surface area contributed by atoms with Gasteiger partial charge in [-0.05, 0) is 72.2 Å². The summed E-state index contributed by atoms with van der Waals surface area (Å²) in [5.74, 6) is 1.01. The van der Waals surface area contributed by atoms with E-state index in [1.165, 1.54) is 23.1 Å². The van der Waals surface area contributed by atoms with E-state index in [1.807, 2.05) is 36.6 Å². The third-order valence-corrected chi connectivity index (χ3v) is 5.88. The van der Waals surface area contributed by atoms with Crippen molar-refractivity contribution in [2.24, 2.45) is 5.10 Å². The molecule has 0 saturated heterocycles. The van der Waals surface area contributed by atoms with Crippen LogP contribution in [0.3, 0.4) is 0 Å². The van der Waals surface area contributed by atoms with Gasteiger partial charge in [0.2, 0.25) is 0 Å². The molecule has 0 spiro atoms. The summed E-state index contributed by atoms with van der Waals surface area (Å²) in [6, 6.07) is 16.3. The number of hydrogen-bond donors (Lipinski definition) is 1. The minimum absolute atomic E-state index is 0.151. The first-order valence-corrected chi connectivity index (χ1v) is 11.9. The van der Waals surface area contributed by atoms with E-state index >= 15 is 0 Å². The van der Waals surface area contributed by atoms with Gasteiger partial charge in [0.25, 0.3) is 5.91 Å². The van der Waals surface area contributed by atoms with Crippen LogP contribution in [0, 0.1) is 0 Å². The Labute approximate surface area is 203 Å². The molecule has 34 heavy (non-hydrogen) atoms. The van der Waals surface area contributed by atoms with Gasteiger partial charge >= 0.3 is 5.97 Å². The van der Waals surface area contributed by atoms with Crippen molar-refractivity contribution in [1.82, 2.24) is 5.43 Å². The van der Waals surface area contributed by atoms with Crippen LogP contribution < -0.4 is 19.6 Å². The highest BCUT2D eigenvalue weighted by Gasteiger charge is 2.14. The number of carbonyl (C=O) groups excluding carboxylic acids is 2. The zero-order valence-electron chi connectivity index (χ0n) is 19.4. The fourth-order valence-corrected chi connectivity index (χ4v) is 3.59. The molecule has 178 valence electrons. The van der Waals surface area contributed by atoms with Gasteiger partial charge in [0.1, 0.15) is 10.6 Å². The monoisotopic (exact) mass is 480 g/mol. The summed E-state index contributed by atoms with van der Waals surface area (Å²) < 4.78 is 16.6. The number of nitrogens with one attached hydrogen (secondary N) is 1. The summed E-state index contributed by atoms with van der Waals surface area (Å²) in [6.07, 6.45) is 2.54. The number of esters is 1. The van der Waals surface area contributed by atoms with Gasteiger partial charge in [0.05, 0.1) is 12.8 Å². The summed E-state index contributed by atoms with van der Waals surface area (Å²) >= 11 is 1.30. The standard InChI is InChI=1S/C26H28N2O5S/c1-4-18(3)20-9-11-21(12-10-20)32-17-25(29)28-27-16-19-8-13-22(23(15-19)31-5-2)33-26(30)24-7-6-14-34-24/h6-16,18H,4-5,17H2,1-3H3,(H,28,29). The summed E-state index contributed by atoms with van der Waals surface area (Å²) in [6.45, 7) is 6.40. The average molecular weight is 481 g/mol. The third-order valence-electron chi connectivity index (χ3n) is 5.03. The molecule has 0 radical (unpaired) electrons. The second kappa shape index (κ2) is 12.6. The Hall–Kier alpha value is -3.65. The predicted octanol–water partition coefficient (Wildman–Crippen LogP) is 5.41. The number of nitrogens with zero attached hydrogens (tertiary/aromatic N) is 1. The highest BCUT2D eigenvalue weighted by Crippen LogP contribution is 2.29. The van der Waals surface area contributed by atoms with Crippen molar-refractivity contribution in [1.29, 1.82) is 0 Å². The van der Waals surface area contributed by atoms with Crippen molar-refractivity contribution in [3.8, 4) is 17.2 Å². The Bertz CT molecular complexity index is 1110. The zero-order valence-corrected chi connectivity index (χ0v) is 20.3. The number of thiophene rings is 1. The summed E-state index contributed by atoms with van der Waals surface area (Å²) in [5, 5.41) is 5.78. The third kappa shape index (κ3) is 7.18. The molecule has 1 aromatic heterocycles. The molecule has 7 nitrogen and oxygen atoms in total. The highest BCUT2D eigenvalue weighted by molar-refractivity contribution is 7.12. The van der Waals surface area contributed by atoms with E-state index in [2.05, 4.69) is 24.4 Å². The lowest BCUT2D eigenvalue weighted by molar-refractivity contribution is -0.123. The summed E-state index contributed by atoms with van der Waals surface area (Å²) in [7, 11) is 0. The maximum absolute atomic E-state index is 12.2. The van der Waals surface area contributed by atoms with Crippen LogP contribution in [0.2, 0.25) is 0 Å². The minimum atomic E-state index is -0.445. The minimum Gasteiger partial charge on any atom is -0.490 e. The van der Waals surface area contributed by atoms with Gasteiger partial charge in [-0.1, -0.05) is 32.0 Å². The Balaban J connectivity index is 1.53. The molecular weight excluding hydrogens is 452 g/mol. The molecule has 1 unspecified atom stereocenters. The number of ether oxygens (including phenoxy) is 3. The van der Waals surface area contributed by atoms with Gasteiger partial charge in [-0.25, -0.2) is 10.2 Å². The number of amides is 1. The molecule has 3 rings (SSSR count). The van der Waals surface area contributed by atoms with E-state index in [1.54, 1.807) is 30.3 Å². The van der Waals surface area contributed by atoms with E-state index in [0.29, 0.717) is 40.2 Å². The summed E-state index contributed by atoms with van der Waals surface area (Å²) in [5.41, 5.74) is 4.34. The Morgan fingerprint density at radius 2 is 1.85 bits per heavy atom. The molecule has 0 fully saturated rings. The Morgan fingerprint density at radius 3 is 2.53 bits per heavy atom. The molecule has 0 aliphatic heterocycles. The second-order valence-corrected chi connectivity index (χ2v) is 8.41. The zero-order chi connectivity index (χ0) is 24.3. The first kappa shape index (κ1) is 25.0. The van der Waals surface area contributed by atoms with E-state index in [9.17, 15) is 9.59 Å². The van der Waals surface area contributed by atoms with Crippen LogP contribution in [-0.2, 0) is 4.79 Å². The highest BCUT2D eigenvalue weighted by atomic mass is 32.1. The van der Waals surface area contributed by atoms with Crippen molar-refractivity contribution < 1.29 is 23.8 Å². The molecule has 1 amide bonds. The maximum Gasteiger partial charge on any atom is 0.353 e. The number of benzene rings is 2. The van der Waals surface area contributed by atoms with Crippen LogP contribution >= 0.6 is 11.3 Å². The number of carbonyl (C=O) groups is 2. The lowest BCUT2D eigenvalue weighted by atomic mass is 9.99. The average Bonchev–Trinajstić information content (AvgIpc) is 3.39. The van der Waals surface area contributed by atoms with E-state index < -0.39 is 5.97 Å². The van der Waals surface area contributed by atoms with Gasteiger partial charge in [-0.3, -0.25) is 4.79 Å². The van der Waals surface area contributed by atoms with Gasteiger partial charge < -0.3 is 14.2 Å². The van der Waals surface area contributed by atoms with Crippen molar-refractivity contribution in [3.63, 3.8) is 0 Å². The molecule has 8 heteroatoms. The first-order valence-electron chi connectivity index (χ1n) is 11.1. The predicted molar refractivity (Wildman–Crippen MR) is 133 cm³/mol. The normalized spacial score (nSPS) is 11.7. The molecule has 0 aliphatic carbocycles.